The van der Waals surface area contributed by atoms with E-state index in [2.05, 4.69) is 65.7 Å². The van der Waals surface area contributed by atoms with Crippen molar-refractivity contribution in [1.82, 2.24) is 0 Å². The lowest BCUT2D eigenvalue weighted by Crippen LogP contribution is -2.03. The Kier molecular flexibility index (Phi) is 21.9. The maximum Gasteiger partial charge on any atom is 0.126 e. The average molecular weight is 547 g/mol. The molecule has 0 bridgehead atoms. The number of methoxy groups -OCH3 is 1. The lowest BCUT2D eigenvalue weighted by molar-refractivity contribution is 0.277. The Labute approximate surface area is 241 Å². The number of rotatable bonds is 18. The van der Waals surface area contributed by atoms with Gasteiger partial charge in [-0.05, 0) is 95.8 Å². The second kappa shape index (κ2) is 21.8. The highest BCUT2D eigenvalue weighted by molar-refractivity contribution is 5.41. The number of halogens is 2. The van der Waals surface area contributed by atoms with Crippen molar-refractivity contribution in [2.24, 2.45) is 29.6 Å². The molecule has 0 saturated heterocycles. The fourth-order valence-electron chi connectivity index (χ4n) is 3.69. The van der Waals surface area contributed by atoms with Crippen molar-refractivity contribution in [3.63, 3.8) is 0 Å². The summed E-state index contributed by atoms with van der Waals surface area (Å²) < 4.78 is 33.9. The van der Waals surface area contributed by atoms with Gasteiger partial charge in [-0.3, -0.25) is 0 Å². The van der Waals surface area contributed by atoms with E-state index in [0.29, 0.717) is 35.0 Å². The van der Waals surface area contributed by atoms with Crippen LogP contribution in [-0.4, -0.2) is 14.2 Å². The second-order valence-corrected chi connectivity index (χ2v) is 11.6. The highest BCUT2D eigenvalue weighted by atomic mass is 19.1. The summed E-state index contributed by atoms with van der Waals surface area (Å²) in [5.41, 5.74) is 3.28. The first kappa shape index (κ1) is 39.1. The van der Waals surface area contributed by atoms with Crippen molar-refractivity contribution >= 4 is 0 Å². The first-order chi connectivity index (χ1) is 18.2. The Morgan fingerprint density at radius 1 is 0.692 bits per heavy atom. The molecule has 0 aliphatic heterocycles. The Bertz CT molecular complexity index is 857. The molecule has 0 saturated carbocycles. The Morgan fingerprint density at radius 3 is 1.56 bits per heavy atom. The van der Waals surface area contributed by atoms with Crippen molar-refractivity contribution < 1.29 is 13.5 Å². The van der Waals surface area contributed by atoms with Gasteiger partial charge in [0, 0.05) is 14.2 Å². The second-order valence-electron chi connectivity index (χ2n) is 11.6. The van der Waals surface area contributed by atoms with E-state index in [0.717, 1.165) is 49.7 Å². The number of hydrogen-bond acceptors (Lipinski definition) is 1. The largest absolute Gasteiger partial charge is 0.388 e. The van der Waals surface area contributed by atoms with Gasteiger partial charge in [0.15, 0.2) is 0 Å². The minimum absolute atomic E-state index is 0.0865. The van der Waals surface area contributed by atoms with Crippen LogP contribution in [0.3, 0.4) is 0 Å². The zero-order valence-corrected chi connectivity index (χ0v) is 27.1. The predicted octanol–water partition coefficient (Wildman–Crippen LogP) is 12.1. The molecule has 0 aromatic rings. The third kappa shape index (κ3) is 17.3. The van der Waals surface area contributed by atoms with E-state index in [4.69, 9.17) is 0 Å². The minimum atomic E-state index is -0.309. The first-order valence-corrected chi connectivity index (χ1v) is 14.7. The summed E-state index contributed by atoms with van der Waals surface area (Å²) in [6.45, 7) is 32.9. The molecule has 0 radical (unpaired) electrons. The fraction of sp³-hybridized carbons (Fsp3) is 0.611. The molecule has 0 amide bonds. The van der Waals surface area contributed by atoms with Gasteiger partial charge < -0.3 is 4.74 Å². The van der Waals surface area contributed by atoms with Crippen LogP contribution in [0.15, 0.2) is 84.1 Å². The third-order valence-electron chi connectivity index (χ3n) is 7.91. The van der Waals surface area contributed by atoms with E-state index in [-0.39, 0.29) is 29.4 Å². The van der Waals surface area contributed by atoms with Gasteiger partial charge in [0.2, 0.25) is 0 Å². The summed E-state index contributed by atoms with van der Waals surface area (Å²) in [6.07, 6.45) is 12.0. The quantitative estimate of drug-likeness (QED) is 0.155. The highest BCUT2D eigenvalue weighted by Gasteiger charge is 2.15. The maximum absolute atomic E-state index is 14.9. The molecular weight excluding hydrogens is 486 g/mol. The molecule has 0 aliphatic rings. The Hall–Kier alpha value is -2.00. The van der Waals surface area contributed by atoms with Crippen molar-refractivity contribution in [3.05, 3.63) is 84.1 Å². The van der Waals surface area contributed by atoms with Crippen LogP contribution in [0.2, 0.25) is 0 Å². The lowest BCUT2D eigenvalue weighted by atomic mass is 9.90. The summed E-state index contributed by atoms with van der Waals surface area (Å²) in [5.74, 6) is 0.952. The van der Waals surface area contributed by atoms with E-state index in [9.17, 15) is 8.78 Å². The van der Waals surface area contributed by atoms with Gasteiger partial charge >= 0.3 is 0 Å². The van der Waals surface area contributed by atoms with Gasteiger partial charge in [-0.25, -0.2) is 8.78 Å². The average Bonchev–Trinajstić information content (AvgIpc) is 2.91. The van der Waals surface area contributed by atoms with Crippen LogP contribution in [0.25, 0.3) is 0 Å². The van der Waals surface area contributed by atoms with Gasteiger partial charge in [-0.2, -0.15) is 0 Å². The molecule has 39 heavy (non-hydrogen) atoms. The van der Waals surface area contributed by atoms with Crippen LogP contribution in [0.5, 0.6) is 0 Å². The maximum atomic E-state index is 14.9. The standard InChI is InChI=1S/C34H54F2.C2H6O/c1-13-23(3)15-17-25(5)29(9)21-34(36)32(12)28(8)20-19-26(6)30(10)22-33(35)31(11)27(7)18-16-24(4)14-2;1-3-2/h19,21-25,27-28H,9-18,20H2,1-8H3;1-2H3/b26-19+,33-22+,34-21+;. The molecule has 5 unspecified atom stereocenters. The summed E-state index contributed by atoms with van der Waals surface area (Å²) in [7, 11) is 3.25. The van der Waals surface area contributed by atoms with E-state index >= 15 is 0 Å². The van der Waals surface area contributed by atoms with Crippen molar-refractivity contribution in [2.45, 2.75) is 100 Å². The zero-order valence-electron chi connectivity index (χ0n) is 27.1. The fourth-order valence-corrected chi connectivity index (χ4v) is 3.69. The van der Waals surface area contributed by atoms with Crippen LogP contribution < -0.4 is 0 Å². The van der Waals surface area contributed by atoms with Crippen LogP contribution in [0.1, 0.15) is 100 Å². The molecule has 1 nitrogen and oxygen atoms in total. The lowest BCUT2D eigenvalue weighted by Gasteiger charge is -2.17. The first-order valence-electron chi connectivity index (χ1n) is 14.7. The van der Waals surface area contributed by atoms with Crippen LogP contribution in [0, 0.1) is 29.6 Å². The molecule has 224 valence electrons. The molecule has 0 heterocycles. The normalized spacial score (nSPS) is 16.4. The van der Waals surface area contributed by atoms with Crippen molar-refractivity contribution in [2.75, 3.05) is 14.2 Å². The third-order valence-corrected chi connectivity index (χ3v) is 7.91. The Morgan fingerprint density at radius 2 is 1.10 bits per heavy atom. The molecule has 0 aromatic heterocycles. The summed E-state index contributed by atoms with van der Waals surface area (Å²) >= 11 is 0. The van der Waals surface area contributed by atoms with Crippen molar-refractivity contribution in [3.8, 4) is 0 Å². The van der Waals surface area contributed by atoms with Gasteiger partial charge in [-0.15, -0.1) is 0 Å². The van der Waals surface area contributed by atoms with Crippen molar-refractivity contribution in [1.29, 1.82) is 0 Å². The molecule has 0 fully saturated rings. The monoisotopic (exact) mass is 546 g/mol. The van der Waals surface area contributed by atoms with E-state index in [1.54, 1.807) is 20.3 Å². The molecule has 0 rings (SSSR count). The molecule has 0 aromatic carbocycles. The molecule has 0 aliphatic carbocycles. The topological polar surface area (TPSA) is 9.23 Å². The SMILES string of the molecule is C=C(/C=C(/F)C(=C)C(C)CCC(C)CC)/C(C)=C/CC(C)C(=C)/C(F)=C\C(=C)C(C)CCC(C)CC.COC. The van der Waals surface area contributed by atoms with E-state index in [1.807, 2.05) is 26.8 Å². The zero-order chi connectivity index (χ0) is 30.7. The van der Waals surface area contributed by atoms with E-state index < -0.39 is 0 Å². The van der Waals surface area contributed by atoms with Gasteiger partial charge in [0.25, 0.3) is 0 Å². The smallest absolute Gasteiger partial charge is 0.126 e. The summed E-state index contributed by atoms with van der Waals surface area (Å²) in [6, 6.07) is 0. The van der Waals surface area contributed by atoms with Gasteiger partial charge in [0.05, 0.1) is 0 Å². The molecule has 0 spiro atoms. The highest BCUT2D eigenvalue weighted by Crippen LogP contribution is 2.29. The van der Waals surface area contributed by atoms with Gasteiger partial charge in [0.1, 0.15) is 11.7 Å². The van der Waals surface area contributed by atoms with Crippen LogP contribution in [-0.2, 0) is 4.74 Å². The number of hydrogen-bond donors (Lipinski definition) is 0. The Balaban J connectivity index is 0. The minimum Gasteiger partial charge on any atom is -0.388 e. The summed E-state index contributed by atoms with van der Waals surface area (Å²) in [4.78, 5) is 0. The molecule has 0 N–H and O–H groups in total. The predicted molar refractivity (Wildman–Crippen MR) is 171 cm³/mol. The van der Waals surface area contributed by atoms with Crippen LogP contribution >= 0.6 is 0 Å². The molecular formula is C36H60F2O. The van der Waals surface area contributed by atoms with Crippen LogP contribution in [0.4, 0.5) is 8.78 Å². The number of ether oxygens (including phenoxy) is 1. The number of allylic oxidation sites excluding steroid dienone is 10. The van der Waals surface area contributed by atoms with E-state index in [1.165, 1.54) is 6.08 Å². The molecule has 5 atom stereocenters. The van der Waals surface area contributed by atoms with Gasteiger partial charge in [-0.1, -0.05) is 107 Å². The summed E-state index contributed by atoms with van der Waals surface area (Å²) in [5, 5.41) is 0. The molecule has 3 heteroatoms.